The maximum Gasteiger partial charge on any atom is 0.414 e. The van der Waals surface area contributed by atoms with Crippen LogP contribution >= 0.6 is 0 Å². The Labute approximate surface area is 121 Å². The van der Waals surface area contributed by atoms with E-state index >= 15 is 0 Å². The maximum atomic E-state index is 12.9. The number of fused-ring (bicyclic) bond motifs is 2. The van der Waals surface area contributed by atoms with Crippen LogP contribution in [0.1, 0.15) is 32.6 Å². The summed E-state index contributed by atoms with van der Waals surface area (Å²) in [5.74, 6) is -0.806. The molecular weight excluding hydrogens is 287 g/mol. The van der Waals surface area contributed by atoms with E-state index in [0.717, 1.165) is 6.42 Å². The average Bonchev–Trinajstić information content (AvgIpc) is 2.78. The van der Waals surface area contributed by atoms with Crippen molar-refractivity contribution in [2.75, 3.05) is 6.61 Å². The predicted octanol–water partition coefficient (Wildman–Crippen LogP) is 1.71. The molecule has 7 atom stereocenters. The van der Waals surface area contributed by atoms with Gasteiger partial charge >= 0.3 is 6.18 Å². The smallest absolute Gasteiger partial charge is 0.383 e. The molecule has 4 nitrogen and oxygen atoms in total. The van der Waals surface area contributed by atoms with E-state index in [0.29, 0.717) is 25.9 Å². The highest BCUT2D eigenvalue weighted by Gasteiger charge is 2.54. The fourth-order valence-electron chi connectivity index (χ4n) is 4.73. The molecule has 2 saturated heterocycles. The Balaban J connectivity index is 1.82. The molecule has 21 heavy (non-hydrogen) atoms. The van der Waals surface area contributed by atoms with E-state index < -0.39 is 24.6 Å². The molecule has 1 unspecified atom stereocenters. The highest BCUT2D eigenvalue weighted by molar-refractivity contribution is 5.00. The topological polar surface area (TPSA) is 52.9 Å². The lowest BCUT2D eigenvalue weighted by Gasteiger charge is -2.51. The van der Waals surface area contributed by atoms with Crippen LogP contribution in [0, 0.1) is 17.8 Å². The van der Waals surface area contributed by atoms with E-state index in [9.17, 15) is 23.4 Å². The van der Waals surface area contributed by atoms with Crippen LogP contribution in [0.5, 0.6) is 0 Å². The first-order valence-electron chi connectivity index (χ1n) is 7.62. The van der Waals surface area contributed by atoms with Crippen molar-refractivity contribution in [3.8, 4) is 0 Å². The fraction of sp³-hybridized carbons (Fsp3) is 1.00. The third-order valence-corrected chi connectivity index (χ3v) is 5.66. The highest BCUT2D eigenvalue weighted by Crippen LogP contribution is 2.49. The van der Waals surface area contributed by atoms with E-state index in [1.165, 1.54) is 0 Å². The second-order valence-corrected chi connectivity index (χ2v) is 6.65. The van der Waals surface area contributed by atoms with Crippen LogP contribution in [0.15, 0.2) is 0 Å². The first-order chi connectivity index (χ1) is 9.80. The summed E-state index contributed by atoms with van der Waals surface area (Å²) in [6.07, 6.45) is -5.22. The van der Waals surface area contributed by atoms with E-state index in [4.69, 9.17) is 4.74 Å². The molecule has 122 valence electrons. The van der Waals surface area contributed by atoms with Gasteiger partial charge in [0.15, 0.2) is 6.10 Å². The van der Waals surface area contributed by atoms with Crippen molar-refractivity contribution in [3.63, 3.8) is 0 Å². The largest absolute Gasteiger partial charge is 0.414 e. The average molecular weight is 309 g/mol. The fourth-order valence-corrected chi connectivity index (χ4v) is 4.73. The number of aliphatic hydroxyl groups is 2. The molecule has 0 aromatic rings. The number of ether oxygens (including phenoxy) is 1. The summed E-state index contributed by atoms with van der Waals surface area (Å²) in [7, 11) is 0. The molecule has 0 aromatic carbocycles. The minimum atomic E-state index is -4.56. The van der Waals surface area contributed by atoms with Crippen LogP contribution in [0.4, 0.5) is 13.2 Å². The standard InChI is InChI=1S/C14H22F3NO3/c1-7-9-3-2-4-10(12(19)14(15,16)17)11(9)5-8-6-21-13(20)18(7)8/h7-13,19-20H,2-6H2,1H3/t7-,8+,9-,10-,11-,12-,13?/m0/s1. The van der Waals surface area contributed by atoms with Gasteiger partial charge in [-0.1, -0.05) is 6.42 Å². The van der Waals surface area contributed by atoms with Gasteiger partial charge in [-0.05, 0) is 43.9 Å². The molecule has 0 bridgehead atoms. The van der Waals surface area contributed by atoms with Crippen molar-refractivity contribution in [3.05, 3.63) is 0 Å². The summed E-state index contributed by atoms with van der Waals surface area (Å²) in [6, 6.07) is -0.0632. The Kier molecular flexibility index (Phi) is 3.97. The van der Waals surface area contributed by atoms with Gasteiger partial charge in [0.05, 0.1) is 6.61 Å². The Morgan fingerprint density at radius 2 is 1.95 bits per heavy atom. The van der Waals surface area contributed by atoms with Gasteiger partial charge in [-0.2, -0.15) is 13.2 Å². The number of nitrogens with zero attached hydrogens (tertiary/aromatic N) is 1. The van der Waals surface area contributed by atoms with Crippen molar-refractivity contribution in [1.29, 1.82) is 0 Å². The van der Waals surface area contributed by atoms with Gasteiger partial charge in [0.25, 0.3) is 0 Å². The molecule has 0 amide bonds. The van der Waals surface area contributed by atoms with Crippen molar-refractivity contribution in [2.45, 2.75) is 63.4 Å². The van der Waals surface area contributed by atoms with Gasteiger partial charge in [-0.25, -0.2) is 4.90 Å². The zero-order valence-electron chi connectivity index (χ0n) is 12.0. The number of aliphatic hydroxyl groups excluding tert-OH is 2. The molecule has 1 aliphatic carbocycles. The van der Waals surface area contributed by atoms with Gasteiger partial charge in [0.2, 0.25) is 6.41 Å². The van der Waals surface area contributed by atoms with Gasteiger partial charge in [-0.15, -0.1) is 0 Å². The molecule has 0 spiro atoms. The quantitative estimate of drug-likeness (QED) is 0.774. The summed E-state index contributed by atoms with van der Waals surface area (Å²) in [5, 5.41) is 19.6. The van der Waals surface area contributed by atoms with Crippen LogP contribution in [0.25, 0.3) is 0 Å². The van der Waals surface area contributed by atoms with Gasteiger partial charge in [0, 0.05) is 12.1 Å². The zero-order chi connectivity index (χ0) is 15.4. The molecule has 2 N–H and O–H groups in total. The molecule has 7 heteroatoms. The summed E-state index contributed by atoms with van der Waals surface area (Å²) in [4.78, 5) is 1.88. The number of halogens is 3. The van der Waals surface area contributed by atoms with E-state index in [1.54, 1.807) is 0 Å². The third kappa shape index (κ3) is 2.58. The molecule has 3 aliphatic rings. The molecule has 3 fully saturated rings. The van der Waals surface area contributed by atoms with Crippen molar-refractivity contribution < 1.29 is 28.1 Å². The second-order valence-electron chi connectivity index (χ2n) is 6.65. The maximum absolute atomic E-state index is 12.9. The molecule has 0 radical (unpaired) electrons. The Morgan fingerprint density at radius 1 is 1.24 bits per heavy atom. The number of piperidine rings is 1. The summed E-state index contributed by atoms with van der Waals surface area (Å²) in [5.41, 5.74) is 0. The van der Waals surface area contributed by atoms with Crippen LogP contribution in [-0.2, 0) is 4.74 Å². The molecule has 0 aromatic heterocycles. The van der Waals surface area contributed by atoms with Crippen molar-refractivity contribution >= 4 is 0 Å². The number of rotatable bonds is 1. The number of alkyl halides is 3. The molecule has 2 heterocycles. The Bertz CT molecular complexity index is 392. The van der Waals surface area contributed by atoms with Crippen molar-refractivity contribution in [2.24, 2.45) is 17.8 Å². The van der Waals surface area contributed by atoms with Gasteiger partial charge < -0.3 is 14.9 Å². The van der Waals surface area contributed by atoms with Crippen LogP contribution in [0.3, 0.4) is 0 Å². The lowest BCUT2D eigenvalue weighted by atomic mass is 9.63. The van der Waals surface area contributed by atoms with E-state index in [2.05, 4.69) is 0 Å². The lowest BCUT2D eigenvalue weighted by Crippen LogP contribution is -2.58. The molecule has 1 saturated carbocycles. The SMILES string of the molecule is C[C@H]1[C@@H]2CCC[C@H]([C@H](O)C(F)(F)F)[C@H]2C[C@@H]2COC(O)N21. The van der Waals surface area contributed by atoms with E-state index in [1.807, 2.05) is 11.8 Å². The molecule has 3 rings (SSSR count). The Hall–Kier alpha value is -0.370. The molecule has 2 aliphatic heterocycles. The normalized spacial score (nSPS) is 46.0. The zero-order valence-corrected chi connectivity index (χ0v) is 12.0. The van der Waals surface area contributed by atoms with Gasteiger partial charge in [0.1, 0.15) is 0 Å². The van der Waals surface area contributed by atoms with E-state index in [-0.39, 0.29) is 23.9 Å². The second kappa shape index (κ2) is 5.37. The summed E-state index contributed by atoms with van der Waals surface area (Å²) < 4.78 is 43.9. The monoisotopic (exact) mass is 309 g/mol. The number of hydrogen-bond donors (Lipinski definition) is 2. The lowest BCUT2D eigenvalue weighted by molar-refractivity contribution is -0.237. The minimum Gasteiger partial charge on any atom is -0.383 e. The number of hydrogen-bond acceptors (Lipinski definition) is 4. The van der Waals surface area contributed by atoms with Crippen LogP contribution < -0.4 is 0 Å². The summed E-state index contributed by atoms with van der Waals surface area (Å²) in [6.45, 7) is 2.30. The highest BCUT2D eigenvalue weighted by atomic mass is 19.4. The Morgan fingerprint density at radius 3 is 2.62 bits per heavy atom. The summed E-state index contributed by atoms with van der Waals surface area (Å²) >= 11 is 0. The van der Waals surface area contributed by atoms with Crippen LogP contribution in [-0.4, -0.2) is 52.5 Å². The molecular formula is C14H22F3NO3. The first kappa shape index (κ1) is 15.5. The minimum absolute atomic E-state index is 0.0190. The van der Waals surface area contributed by atoms with Gasteiger partial charge in [-0.3, -0.25) is 0 Å². The predicted molar refractivity (Wildman–Crippen MR) is 68.0 cm³/mol. The first-order valence-corrected chi connectivity index (χ1v) is 7.62. The third-order valence-electron chi connectivity index (χ3n) is 5.66. The van der Waals surface area contributed by atoms with Crippen LogP contribution in [0.2, 0.25) is 0 Å². The van der Waals surface area contributed by atoms with Crippen molar-refractivity contribution in [1.82, 2.24) is 4.90 Å².